The van der Waals surface area contributed by atoms with Crippen LogP contribution >= 0.6 is 38.6 Å². The fourth-order valence-corrected chi connectivity index (χ4v) is 4.46. The van der Waals surface area contributed by atoms with Gasteiger partial charge in [0.1, 0.15) is 17.2 Å². The molecule has 4 heterocycles. The van der Waals surface area contributed by atoms with Crippen LogP contribution in [0.1, 0.15) is 36.1 Å². The zero-order valence-electron chi connectivity index (χ0n) is 18.7. The summed E-state index contributed by atoms with van der Waals surface area (Å²) in [5.41, 5.74) is 6.39. The Labute approximate surface area is 218 Å². The van der Waals surface area contributed by atoms with Gasteiger partial charge in [0, 0.05) is 24.9 Å². The molecular formula is C22H23ClFN7O2S2. The molecule has 0 bridgehead atoms. The van der Waals surface area contributed by atoms with Gasteiger partial charge >= 0.3 is 0 Å². The normalized spacial score (nSPS) is 16.9. The van der Waals surface area contributed by atoms with E-state index in [2.05, 4.69) is 9.97 Å². The van der Waals surface area contributed by atoms with Crippen LogP contribution in [0.2, 0.25) is 5.02 Å². The minimum absolute atomic E-state index is 0. The maximum absolute atomic E-state index is 13.6. The minimum Gasteiger partial charge on any atom is -0.368 e. The van der Waals surface area contributed by atoms with Crippen molar-refractivity contribution in [1.82, 2.24) is 24.1 Å². The van der Waals surface area contributed by atoms with Gasteiger partial charge in [0.2, 0.25) is 5.95 Å². The van der Waals surface area contributed by atoms with Gasteiger partial charge in [-0.3, -0.25) is 14.2 Å². The zero-order valence-corrected chi connectivity index (χ0v) is 21.5. The van der Waals surface area contributed by atoms with Crippen LogP contribution in [0.3, 0.4) is 0 Å². The Kier molecular flexibility index (Phi) is 7.48. The molecule has 4 aromatic rings. The lowest BCUT2D eigenvalue weighted by Crippen LogP contribution is -2.52. The summed E-state index contributed by atoms with van der Waals surface area (Å²) in [7, 11) is 0. The van der Waals surface area contributed by atoms with Gasteiger partial charge < -0.3 is 10.6 Å². The number of ketones is 1. The molecule has 3 aromatic heterocycles. The standard InChI is InChI=1S/C22H19ClFN7O2.2H2S/c1-11-10-29(19-15(12(2)32)9-26-22(25)27-19)17(11)20-28-30-8-7-16(23)18(30)21(33)31(20)14-5-3-13(24)4-6-14;;/h3-9,11,17H,10H2,1-2H3,(H2,25,26,27);2*1H2/t11-,17-;;/m0../s1. The van der Waals surface area contributed by atoms with Gasteiger partial charge in [-0.05, 0) is 37.3 Å². The van der Waals surface area contributed by atoms with Crippen molar-refractivity contribution in [2.45, 2.75) is 19.9 Å². The molecule has 184 valence electrons. The zero-order chi connectivity index (χ0) is 23.4. The maximum Gasteiger partial charge on any atom is 0.284 e. The van der Waals surface area contributed by atoms with Crippen molar-refractivity contribution in [1.29, 1.82) is 0 Å². The number of rotatable bonds is 4. The average Bonchev–Trinajstić information content (AvgIpc) is 3.13. The number of hydrogen-bond donors (Lipinski definition) is 1. The number of aromatic nitrogens is 5. The molecule has 35 heavy (non-hydrogen) atoms. The summed E-state index contributed by atoms with van der Waals surface area (Å²) in [5.74, 6) is 0.234. The Hall–Kier alpha value is -3.09. The second-order valence-corrected chi connectivity index (χ2v) is 8.44. The summed E-state index contributed by atoms with van der Waals surface area (Å²) < 4.78 is 16.5. The Morgan fingerprint density at radius 1 is 1.20 bits per heavy atom. The molecule has 1 aromatic carbocycles. The van der Waals surface area contributed by atoms with Crippen LogP contribution in [0.4, 0.5) is 16.2 Å². The lowest BCUT2D eigenvalue weighted by Gasteiger charge is -2.47. The minimum atomic E-state index is -0.427. The highest BCUT2D eigenvalue weighted by Gasteiger charge is 2.43. The summed E-state index contributed by atoms with van der Waals surface area (Å²) in [6, 6.07) is 6.73. The molecule has 1 aliphatic rings. The van der Waals surface area contributed by atoms with E-state index in [9.17, 15) is 14.0 Å². The second kappa shape index (κ2) is 9.88. The van der Waals surface area contributed by atoms with E-state index < -0.39 is 17.4 Å². The molecular weight excluding hydrogens is 513 g/mol. The molecule has 1 saturated heterocycles. The molecule has 2 N–H and O–H groups in total. The van der Waals surface area contributed by atoms with Crippen LogP contribution in [0.5, 0.6) is 0 Å². The summed E-state index contributed by atoms with van der Waals surface area (Å²) >= 11 is 6.26. The van der Waals surface area contributed by atoms with E-state index >= 15 is 0 Å². The summed E-state index contributed by atoms with van der Waals surface area (Å²) in [5, 5.41) is 4.96. The van der Waals surface area contributed by atoms with E-state index in [0.29, 0.717) is 29.4 Å². The van der Waals surface area contributed by atoms with Gasteiger partial charge in [-0.15, -0.1) is 0 Å². The molecule has 9 nitrogen and oxygen atoms in total. The summed E-state index contributed by atoms with van der Waals surface area (Å²) in [6.45, 7) is 4.00. The van der Waals surface area contributed by atoms with Crippen LogP contribution in [0.15, 0.2) is 47.5 Å². The molecule has 0 amide bonds. The molecule has 0 aliphatic carbocycles. The van der Waals surface area contributed by atoms with E-state index in [-0.39, 0.29) is 55.2 Å². The lowest BCUT2D eigenvalue weighted by atomic mass is 9.88. The fourth-order valence-electron chi connectivity index (χ4n) is 4.24. The Bertz CT molecular complexity index is 1480. The summed E-state index contributed by atoms with van der Waals surface area (Å²) in [6.07, 6.45) is 3.00. The quantitative estimate of drug-likeness (QED) is 0.399. The molecule has 5 rings (SSSR count). The molecule has 1 fully saturated rings. The number of carbonyl (C=O) groups is 1. The van der Waals surface area contributed by atoms with E-state index in [1.54, 1.807) is 12.3 Å². The van der Waals surface area contributed by atoms with Gasteiger partial charge in [0.05, 0.1) is 22.3 Å². The van der Waals surface area contributed by atoms with Gasteiger partial charge in [-0.1, -0.05) is 18.5 Å². The number of nitrogen functional groups attached to an aromatic ring is 1. The highest BCUT2D eigenvalue weighted by molar-refractivity contribution is 7.59. The third-order valence-electron chi connectivity index (χ3n) is 5.81. The van der Waals surface area contributed by atoms with Crippen molar-refractivity contribution in [2.24, 2.45) is 5.92 Å². The van der Waals surface area contributed by atoms with Gasteiger partial charge in [0.25, 0.3) is 5.56 Å². The molecule has 1 aliphatic heterocycles. The van der Waals surface area contributed by atoms with E-state index in [1.807, 2.05) is 11.8 Å². The molecule has 0 saturated carbocycles. The number of carbonyl (C=O) groups excluding carboxylic acids is 1. The number of nitrogens with zero attached hydrogens (tertiary/aromatic N) is 6. The lowest BCUT2D eigenvalue weighted by molar-refractivity contribution is 0.101. The Morgan fingerprint density at radius 3 is 2.51 bits per heavy atom. The maximum atomic E-state index is 13.6. The van der Waals surface area contributed by atoms with Crippen molar-refractivity contribution in [3.63, 3.8) is 0 Å². The highest BCUT2D eigenvalue weighted by atomic mass is 35.5. The number of fused-ring (bicyclic) bond motifs is 1. The number of hydrogen-bond acceptors (Lipinski definition) is 7. The topological polar surface area (TPSA) is 111 Å². The predicted octanol–water partition coefficient (Wildman–Crippen LogP) is 3.28. The molecule has 2 atom stereocenters. The molecule has 13 heteroatoms. The average molecular weight is 536 g/mol. The van der Waals surface area contributed by atoms with Crippen molar-refractivity contribution in [3.05, 3.63) is 75.3 Å². The number of anilines is 2. The monoisotopic (exact) mass is 535 g/mol. The molecule has 0 radical (unpaired) electrons. The third-order valence-corrected chi connectivity index (χ3v) is 6.11. The number of benzene rings is 1. The Balaban J connectivity index is 0.00000171. The Morgan fingerprint density at radius 2 is 1.89 bits per heavy atom. The second-order valence-electron chi connectivity index (χ2n) is 8.03. The largest absolute Gasteiger partial charge is 0.368 e. The first-order valence-electron chi connectivity index (χ1n) is 10.2. The van der Waals surface area contributed by atoms with Gasteiger partial charge in [0.15, 0.2) is 11.6 Å². The molecule has 0 unspecified atom stereocenters. The summed E-state index contributed by atoms with van der Waals surface area (Å²) in [4.78, 5) is 35.9. The fraction of sp³-hybridized carbons (Fsp3) is 0.227. The van der Waals surface area contributed by atoms with Crippen molar-refractivity contribution in [3.8, 4) is 5.69 Å². The first kappa shape index (κ1) is 26.5. The van der Waals surface area contributed by atoms with E-state index in [0.717, 1.165) is 0 Å². The van der Waals surface area contributed by atoms with Crippen LogP contribution in [-0.4, -0.2) is 36.5 Å². The van der Waals surface area contributed by atoms with E-state index in [1.165, 1.54) is 46.5 Å². The molecule has 0 spiro atoms. The van der Waals surface area contributed by atoms with Crippen LogP contribution < -0.4 is 16.2 Å². The van der Waals surface area contributed by atoms with Crippen molar-refractivity contribution >= 4 is 61.7 Å². The smallest absolute Gasteiger partial charge is 0.284 e. The SMILES string of the molecule is CC(=O)c1cnc(N)nc1N1C[C@H](C)[C@H]1c1nn2ccc(Cl)c2c(=O)n1-c1ccc(F)cc1.S.S. The number of nitrogens with two attached hydrogens (primary N) is 1. The van der Waals surface area contributed by atoms with Crippen LogP contribution in [-0.2, 0) is 0 Å². The highest BCUT2D eigenvalue weighted by Crippen LogP contribution is 2.42. The van der Waals surface area contributed by atoms with E-state index in [4.69, 9.17) is 22.4 Å². The number of Topliss-reactive ketones (excluding diaryl/α,β-unsaturated/α-hetero) is 1. The third kappa shape index (κ3) is 4.37. The van der Waals surface area contributed by atoms with Crippen molar-refractivity contribution in [2.75, 3.05) is 17.2 Å². The van der Waals surface area contributed by atoms with Crippen LogP contribution in [0.25, 0.3) is 11.2 Å². The van der Waals surface area contributed by atoms with Gasteiger partial charge in [-0.25, -0.2) is 13.9 Å². The van der Waals surface area contributed by atoms with Crippen LogP contribution in [0, 0.1) is 11.7 Å². The predicted molar refractivity (Wildman–Crippen MR) is 142 cm³/mol. The van der Waals surface area contributed by atoms with Gasteiger partial charge in [-0.2, -0.15) is 37.1 Å². The first-order valence-corrected chi connectivity index (χ1v) is 10.6. The number of halogens is 2. The first-order chi connectivity index (χ1) is 15.8. The van der Waals surface area contributed by atoms with Crippen molar-refractivity contribution < 1.29 is 9.18 Å².